The minimum atomic E-state index is 0.0660. The minimum Gasteiger partial charge on any atom is -0.275 e. The number of aromatic amines is 1. The van der Waals surface area contributed by atoms with Crippen molar-refractivity contribution in [1.29, 1.82) is 0 Å². The molecule has 2 heterocycles. The lowest BCUT2D eigenvalue weighted by atomic mass is 10.1. The lowest BCUT2D eigenvalue weighted by Crippen LogP contribution is -2.22. The quantitative estimate of drug-likeness (QED) is 0.774. The highest BCUT2D eigenvalue weighted by atomic mass is 16.1. The summed E-state index contributed by atoms with van der Waals surface area (Å²) < 4.78 is 1.54. The summed E-state index contributed by atoms with van der Waals surface area (Å²) in [5, 5.41) is 3.13. The van der Waals surface area contributed by atoms with Crippen molar-refractivity contribution in [3.05, 3.63) is 27.4 Å². The number of nitrogens with zero attached hydrogens (tertiary/aromatic N) is 3. The Morgan fingerprint density at radius 1 is 1.11 bits per heavy atom. The molecule has 94 valence electrons. The Bertz CT molecular complexity index is 665. The molecule has 0 atom stereocenters. The van der Waals surface area contributed by atoms with E-state index >= 15 is 0 Å². The zero-order valence-corrected chi connectivity index (χ0v) is 10.3. The van der Waals surface area contributed by atoms with Crippen molar-refractivity contribution >= 4 is 5.78 Å². The third-order valence-corrected chi connectivity index (χ3v) is 4.00. The van der Waals surface area contributed by atoms with E-state index < -0.39 is 0 Å². The number of nitrogens with one attached hydrogen (secondary N) is 1. The molecule has 1 saturated carbocycles. The van der Waals surface area contributed by atoms with Crippen LogP contribution in [0.15, 0.2) is 4.79 Å². The maximum atomic E-state index is 12.4. The largest absolute Gasteiger partial charge is 0.277 e. The van der Waals surface area contributed by atoms with Crippen molar-refractivity contribution in [1.82, 2.24) is 19.6 Å². The Morgan fingerprint density at radius 2 is 1.94 bits per heavy atom. The second-order valence-electron chi connectivity index (χ2n) is 5.42. The molecule has 18 heavy (non-hydrogen) atoms. The molecule has 2 aliphatic carbocycles. The van der Waals surface area contributed by atoms with Crippen molar-refractivity contribution < 1.29 is 0 Å². The maximum Gasteiger partial charge on any atom is 0.277 e. The molecule has 0 radical (unpaired) electrons. The first-order chi connectivity index (χ1) is 8.83. The highest BCUT2D eigenvalue weighted by Crippen LogP contribution is 2.37. The van der Waals surface area contributed by atoms with Crippen LogP contribution < -0.4 is 5.56 Å². The average Bonchev–Trinajstić information content (AvgIpc) is 3.15. The van der Waals surface area contributed by atoms with Gasteiger partial charge in [-0.1, -0.05) is 6.42 Å². The van der Waals surface area contributed by atoms with Gasteiger partial charge in [-0.2, -0.15) is 9.50 Å². The standard InChI is InChI=1S/C13H16N4O/c18-12-9-4-2-1-3-5-10(9)14-13-15-11(8-6-7-8)16-17(12)13/h8H,1-7H2,(H,14,15,16). The fourth-order valence-corrected chi connectivity index (χ4v) is 2.78. The summed E-state index contributed by atoms with van der Waals surface area (Å²) in [6, 6.07) is 0. The van der Waals surface area contributed by atoms with Crippen LogP contribution in [0.3, 0.4) is 0 Å². The summed E-state index contributed by atoms with van der Waals surface area (Å²) in [4.78, 5) is 21.5. The lowest BCUT2D eigenvalue weighted by Gasteiger charge is -2.02. The molecular formula is C13H16N4O. The number of aryl methyl sites for hydroxylation is 1. The summed E-state index contributed by atoms with van der Waals surface area (Å²) in [7, 11) is 0. The number of hydrogen-bond donors (Lipinski definition) is 1. The maximum absolute atomic E-state index is 12.4. The van der Waals surface area contributed by atoms with Gasteiger partial charge in [-0.15, -0.1) is 0 Å². The van der Waals surface area contributed by atoms with Gasteiger partial charge in [0.2, 0.25) is 0 Å². The van der Waals surface area contributed by atoms with Crippen molar-refractivity contribution in [3.63, 3.8) is 0 Å². The van der Waals surface area contributed by atoms with Gasteiger partial charge in [0.1, 0.15) is 5.82 Å². The second-order valence-corrected chi connectivity index (χ2v) is 5.42. The molecule has 1 fully saturated rings. The van der Waals surface area contributed by atoms with E-state index in [0.29, 0.717) is 11.7 Å². The first kappa shape index (κ1) is 10.3. The average molecular weight is 244 g/mol. The molecule has 0 spiro atoms. The minimum absolute atomic E-state index is 0.0660. The fraction of sp³-hybridized carbons (Fsp3) is 0.615. The SMILES string of the molecule is O=c1c2c(nc3nc(C4CC4)[nH]n13)CCCCC2. The van der Waals surface area contributed by atoms with Gasteiger partial charge >= 0.3 is 0 Å². The van der Waals surface area contributed by atoms with Crippen LogP contribution in [0.4, 0.5) is 0 Å². The monoisotopic (exact) mass is 244 g/mol. The van der Waals surface area contributed by atoms with E-state index in [1.807, 2.05) is 0 Å². The topological polar surface area (TPSA) is 63.0 Å². The lowest BCUT2D eigenvalue weighted by molar-refractivity contribution is 0.708. The first-order valence-electron chi connectivity index (χ1n) is 6.83. The normalized spacial score (nSPS) is 19.8. The first-order valence-corrected chi connectivity index (χ1v) is 6.83. The van der Waals surface area contributed by atoms with Crippen molar-refractivity contribution in [2.75, 3.05) is 0 Å². The predicted molar refractivity (Wildman–Crippen MR) is 66.8 cm³/mol. The Kier molecular flexibility index (Phi) is 2.10. The highest BCUT2D eigenvalue weighted by molar-refractivity contribution is 5.34. The molecular weight excluding hydrogens is 228 g/mol. The van der Waals surface area contributed by atoms with Gasteiger partial charge in [0, 0.05) is 11.5 Å². The molecule has 2 aliphatic rings. The summed E-state index contributed by atoms with van der Waals surface area (Å²) in [5.41, 5.74) is 1.94. The predicted octanol–water partition coefficient (Wildman–Crippen LogP) is 1.56. The number of aromatic nitrogens is 4. The van der Waals surface area contributed by atoms with Crippen molar-refractivity contribution in [3.8, 4) is 0 Å². The number of fused-ring (bicyclic) bond motifs is 2. The van der Waals surface area contributed by atoms with Gasteiger partial charge in [-0.3, -0.25) is 9.89 Å². The fourth-order valence-electron chi connectivity index (χ4n) is 2.78. The van der Waals surface area contributed by atoms with Crippen LogP contribution in [0.25, 0.3) is 5.78 Å². The van der Waals surface area contributed by atoms with Crippen LogP contribution in [0.5, 0.6) is 0 Å². The molecule has 0 bridgehead atoms. The molecule has 4 rings (SSSR count). The van der Waals surface area contributed by atoms with Gasteiger partial charge in [0.25, 0.3) is 11.3 Å². The Hall–Kier alpha value is -1.65. The van der Waals surface area contributed by atoms with E-state index in [4.69, 9.17) is 0 Å². The van der Waals surface area contributed by atoms with Crippen LogP contribution in [0.1, 0.15) is 55.1 Å². The molecule has 2 aromatic heterocycles. The zero-order chi connectivity index (χ0) is 12.1. The zero-order valence-electron chi connectivity index (χ0n) is 10.3. The molecule has 0 amide bonds. The van der Waals surface area contributed by atoms with E-state index in [1.165, 1.54) is 23.8 Å². The number of rotatable bonds is 1. The summed E-state index contributed by atoms with van der Waals surface area (Å²) in [6.45, 7) is 0. The van der Waals surface area contributed by atoms with Crippen molar-refractivity contribution in [2.24, 2.45) is 0 Å². The number of H-pyrrole nitrogens is 1. The molecule has 1 N–H and O–H groups in total. The van der Waals surface area contributed by atoms with Gasteiger partial charge in [-0.25, -0.2) is 4.98 Å². The molecule has 5 heteroatoms. The molecule has 0 aromatic carbocycles. The van der Waals surface area contributed by atoms with Crippen LogP contribution in [0, 0.1) is 0 Å². The molecule has 2 aromatic rings. The summed E-state index contributed by atoms with van der Waals surface area (Å²) in [5.74, 6) is 2.01. The number of hydrogen-bond acceptors (Lipinski definition) is 3. The summed E-state index contributed by atoms with van der Waals surface area (Å²) >= 11 is 0. The molecule has 0 saturated heterocycles. The van der Waals surface area contributed by atoms with Gasteiger partial charge in [0.05, 0.1) is 5.69 Å². The van der Waals surface area contributed by atoms with E-state index in [9.17, 15) is 4.79 Å². The Morgan fingerprint density at radius 3 is 2.78 bits per heavy atom. The van der Waals surface area contributed by atoms with E-state index in [1.54, 1.807) is 0 Å². The van der Waals surface area contributed by atoms with E-state index in [-0.39, 0.29) is 5.56 Å². The van der Waals surface area contributed by atoms with Gasteiger partial charge in [0.15, 0.2) is 0 Å². The van der Waals surface area contributed by atoms with Gasteiger partial charge < -0.3 is 0 Å². The third kappa shape index (κ3) is 1.50. The van der Waals surface area contributed by atoms with Crippen molar-refractivity contribution in [2.45, 2.75) is 50.9 Å². The van der Waals surface area contributed by atoms with Crippen LogP contribution in [-0.4, -0.2) is 19.6 Å². The molecule has 0 aliphatic heterocycles. The van der Waals surface area contributed by atoms with Crippen LogP contribution >= 0.6 is 0 Å². The second kappa shape index (κ2) is 3.67. The highest BCUT2D eigenvalue weighted by Gasteiger charge is 2.28. The molecule has 0 unspecified atom stereocenters. The summed E-state index contributed by atoms with van der Waals surface area (Å²) in [6.07, 6.45) is 7.56. The van der Waals surface area contributed by atoms with Crippen LogP contribution in [0.2, 0.25) is 0 Å². The van der Waals surface area contributed by atoms with Crippen LogP contribution in [-0.2, 0) is 12.8 Å². The smallest absolute Gasteiger partial charge is 0.275 e. The van der Waals surface area contributed by atoms with E-state index in [0.717, 1.165) is 42.8 Å². The molecule has 5 nitrogen and oxygen atoms in total. The van der Waals surface area contributed by atoms with E-state index in [2.05, 4.69) is 15.1 Å². The Labute approximate surface area is 104 Å². The third-order valence-electron chi connectivity index (χ3n) is 4.00. The Balaban J connectivity index is 1.95. The van der Waals surface area contributed by atoms with Gasteiger partial charge in [-0.05, 0) is 38.5 Å².